The number of para-hydroxylation sites is 1. The van der Waals surface area contributed by atoms with Crippen molar-refractivity contribution in [2.75, 3.05) is 11.6 Å². The van der Waals surface area contributed by atoms with Gasteiger partial charge in [0, 0.05) is 6.04 Å². The van der Waals surface area contributed by atoms with E-state index in [2.05, 4.69) is 61.9 Å². The molecule has 1 aliphatic carbocycles. The maximum absolute atomic E-state index is 13.2. The van der Waals surface area contributed by atoms with E-state index in [9.17, 15) is 4.79 Å². The number of hydrogen-bond donors (Lipinski definition) is 0. The highest BCUT2D eigenvalue weighted by atomic mass is 16.6. The summed E-state index contributed by atoms with van der Waals surface area (Å²) in [5.74, 6) is 1.09. The zero-order chi connectivity index (χ0) is 26.9. The molecule has 206 valence electrons. The predicted octanol–water partition coefficient (Wildman–Crippen LogP) is 9.34. The normalized spacial score (nSPS) is 18.3. The Morgan fingerprint density at radius 1 is 0.737 bits per heavy atom. The fraction of sp³-hybridized carbons (Fsp3) is 0.559. The zero-order valence-corrected chi connectivity index (χ0v) is 24.1. The summed E-state index contributed by atoms with van der Waals surface area (Å²) in [6.07, 6.45) is 16.6. The smallest absolute Gasteiger partial charge is 0.344 e. The molecule has 1 fully saturated rings. The van der Waals surface area contributed by atoms with Crippen molar-refractivity contribution in [1.29, 1.82) is 0 Å². The van der Waals surface area contributed by atoms with E-state index in [-0.39, 0.29) is 5.97 Å². The lowest BCUT2D eigenvalue weighted by Crippen LogP contribution is -2.36. The number of benzene rings is 2. The minimum Gasteiger partial charge on any atom is -0.404 e. The van der Waals surface area contributed by atoms with Gasteiger partial charge in [0.1, 0.15) is 0 Å². The highest BCUT2D eigenvalue weighted by Crippen LogP contribution is 2.40. The lowest BCUT2D eigenvalue weighted by atomic mass is 9.92. The molecule has 2 aromatic carbocycles. The number of carbonyl (C=O) groups excluding carboxylic acids is 1. The van der Waals surface area contributed by atoms with Crippen molar-refractivity contribution in [3.63, 3.8) is 0 Å². The van der Waals surface area contributed by atoms with Gasteiger partial charge in [-0.05, 0) is 47.9 Å². The van der Waals surface area contributed by atoms with E-state index in [0.717, 1.165) is 6.67 Å². The molecule has 4 heteroatoms. The second-order valence-electron chi connectivity index (χ2n) is 11.8. The highest BCUT2D eigenvalue weighted by Gasteiger charge is 2.33. The molecule has 0 amide bonds. The molecule has 1 aliphatic heterocycles. The Labute approximate surface area is 231 Å². The molecule has 4 nitrogen and oxygen atoms in total. The first-order valence-corrected chi connectivity index (χ1v) is 15.1. The van der Waals surface area contributed by atoms with Crippen LogP contribution in [0.4, 0.5) is 5.69 Å². The molecule has 0 aromatic heterocycles. The molecule has 1 heterocycles. The molecule has 0 atom stereocenters. The van der Waals surface area contributed by atoms with E-state index < -0.39 is 0 Å². The maximum atomic E-state index is 13.2. The second-order valence-corrected chi connectivity index (χ2v) is 11.8. The minimum absolute atomic E-state index is 0.296. The van der Waals surface area contributed by atoms with Crippen LogP contribution in [0.3, 0.4) is 0 Å². The van der Waals surface area contributed by atoms with Gasteiger partial charge >= 0.3 is 5.97 Å². The first-order chi connectivity index (χ1) is 18.5. The Morgan fingerprint density at radius 2 is 1.26 bits per heavy atom. The van der Waals surface area contributed by atoms with E-state index in [1.165, 1.54) is 87.4 Å². The van der Waals surface area contributed by atoms with Gasteiger partial charge in [-0.3, -0.25) is 4.90 Å². The average molecular weight is 517 g/mol. The summed E-state index contributed by atoms with van der Waals surface area (Å²) in [6, 6.07) is 16.5. The topological polar surface area (TPSA) is 32.8 Å². The van der Waals surface area contributed by atoms with Gasteiger partial charge in [-0.25, -0.2) is 4.79 Å². The number of anilines is 1. The van der Waals surface area contributed by atoms with Gasteiger partial charge in [-0.1, -0.05) is 122 Å². The Morgan fingerprint density at radius 3 is 1.79 bits per heavy atom. The molecule has 2 aliphatic rings. The monoisotopic (exact) mass is 516 g/mol. The van der Waals surface area contributed by atoms with Gasteiger partial charge in [0.25, 0.3) is 0 Å². The van der Waals surface area contributed by atoms with Crippen LogP contribution in [-0.4, -0.2) is 23.6 Å². The predicted molar refractivity (Wildman–Crippen MR) is 158 cm³/mol. The lowest BCUT2D eigenvalue weighted by molar-refractivity contribution is 0.0619. The average Bonchev–Trinajstić information content (AvgIpc) is 3.32. The first-order valence-electron chi connectivity index (χ1n) is 15.1. The van der Waals surface area contributed by atoms with Crippen LogP contribution in [0.2, 0.25) is 0 Å². The summed E-state index contributed by atoms with van der Waals surface area (Å²) < 4.78 is 6.20. The van der Waals surface area contributed by atoms with Gasteiger partial charge in [0.05, 0.1) is 24.1 Å². The summed E-state index contributed by atoms with van der Waals surface area (Å²) in [7, 11) is 0. The summed E-state index contributed by atoms with van der Waals surface area (Å²) in [5.41, 5.74) is 4.40. The number of rotatable bonds is 6. The molecular weight excluding hydrogens is 468 g/mol. The van der Waals surface area contributed by atoms with E-state index in [1.807, 2.05) is 30.3 Å². The summed E-state index contributed by atoms with van der Waals surface area (Å²) in [4.78, 5) is 18.0. The SMILES string of the molecule is CC(C)c1cccc(C(C)C)c1N1CN(C2CCCCCCCCCCC2)C=C1OC(=O)c1ccccc1. The van der Waals surface area contributed by atoms with Crippen molar-refractivity contribution < 1.29 is 9.53 Å². The van der Waals surface area contributed by atoms with Crippen LogP contribution in [0.25, 0.3) is 0 Å². The molecule has 1 saturated carbocycles. The zero-order valence-electron chi connectivity index (χ0n) is 24.1. The van der Waals surface area contributed by atoms with Crippen LogP contribution in [0.1, 0.15) is 132 Å². The summed E-state index contributed by atoms with van der Waals surface area (Å²) in [6.45, 7) is 9.74. The van der Waals surface area contributed by atoms with Gasteiger partial charge in [0.15, 0.2) is 0 Å². The number of hydrogen-bond acceptors (Lipinski definition) is 4. The number of ether oxygens (including phenoxy) is 1. The maximum Gasteiger partial charge on any atom is 0.344 e. The molecule has 0 unspecified atom stereocenters. The van der Waals surface area contributed by atoms with Gasteiger partial charge in [-0.15, -0.1) is 0 Å². The third-order valence-electron chi connectivity index (χ3n) is 8.21. The minimum atomic E-state index is -0.296. The van der Waals surface area contributed by atoms with Crippen molar-refractivity contribution in [3.05, 3.63) is 77.3 Å². The molecule has 38 heavy (non-hydrogen) atoms. The second kappa shape index (κ2) is 13.9. The number of esters is 1. The van der Waals surface area contributed by atoms with Crippen molar-refractivity contribution in [1.82, 2.24) is 4.90 Å². The quantitative estimate of drug-likeness (QED) is 0.358. The molecule has 0 bridgehead atoms. The first kappa shape index (κ1) is 28.3. The van der Waals surface area contributed by atoms with Crippen LogP contribution in [0, 0.1) is 0 Å². The van der Waals surface area contributed by atoms with E-state index in [4.69, 9.17) is 4.74 Å². The summed E-state index contributed by atoms with van der Waals surface area (Å²) >= 11 is 0. The largest absolute Gasteiger partial charge is 0.404 e. The van der Waals surface area contributed by atoms with Crippen molar-refractivity contribution in [2.45, 2.75) is 116 Å². The Balaban J connectivity index is 1.67. The number of carbonyl (C=O) groups is 1. The Kier molecular flexibility index (Phi) is 10.3. The highest BCUT2D eigenvalue weighted by molar-refractivity contribution is 5.90. The molecule has 0 N–H and O–H groups in total. The van der Waals surface area contributed by atoms with E-state index >= 15 is 0 Å². The van der Waals surface area contributed by atoms with Crippen LogP contribution in [0.5, 0.6) is 0 Å². The van der Waals surface area contributed by atoms with Crippen molar-refractivity contribution >= 4 is 11.7 Å². The van der Waals surface area contributed by atoms with Crippen molar-refractivity contribution in [3.8, 4) is 0 Å². The third-order valence-corrected chi connectivity index (χ3v) is 8.21. The summed E-state index contributed by atoms with van der Waals surface area (Å²) in [5, 5.41) is 0. The van der Waals surface area contributed by atoms with Crippen LogP contribution in [-0.2, 0) is 4.74 Å². The van der Waals surface area contributed by atoms with Crippen LogP contribution >= 0.6 is 0 Å². The Bertz CT molecular complexity index is 1020. The fourth-order valence-electron chi connectivity index (χ4n) is 5.99. The van der Waals surface area contributed by atoms with Gasteiger partial charge in [0.2, 0.25) is 5.88 Å². The Hall–Kier alpha value is -2.75. The molecule has 0 saturated heterocycles. The van der Waals surface area contributed by atoms with Crippen LogP contribution in [0.15, 0.2) is 60.6 Å². The lowest BCUT2D eigenvalue weighted by Gasteiger charge is -2.33. The molecule has 0 radical (unpaired) electrons. The standard InChI is InChI=1S/C34H48N2O2/c1-26(2)30-22-17-23-31(27(3)4)33(30)36-25-35(24-32(36)38-34(37)28-18-13-12-14-19-28)29-20-15-10-8-6-5-7-9-11-16-21-29/h12-14,17-19,22-24,26-27,29H,5-11,15-16,20-21,25H2,1-4H3. The molecule has 0 spiro atoms. The van der Waals surface area contributed by atoms with Crippen LogP contribution < -0.4 is 4.90 Å². The fourth-order valence-corrected chi connectivity index (χ4v) is 5.99. The third kappa shape index (κ3) is 7.21. The molecular formula is C34H48N2O2. The van der Waals surface area contributed by atoms with E-state index in [1.54, 1.807) is 0 Å². The molecule has 2 aromatic rings. The van der Waals surface area contributed by atoms with Gasteiger partial charge < -0.3 is 9.64 Å². The van der Waals surface area contributed by atoms with Crippen molar-refractivity contribution in [2.24, 2.45) is 0 Å². The van der Waals surface area contributed by atoms with Gasteiger partial charge in [-0.2, -0.15) is 0 Å². The van der Waals surface area contributed by atoms with E-state index in [0.29, 0.717) is 29.3 Å². The number of nitrogens with zero attached hydrogens (tertiary/aromatic N) is 2. The molecule has 4 rings (SSSR count).